The van der Waals surface area contributed by atoms with Gasteiger partial charge in [0.1, 0.15) is 55.4 Å². The quantitative estimate of drug-likeness (QED) is 0.0715. The SMILES string of the molecule is O=[P+](S)NC1C2COP(O)(=S)NC3[C@@H](O)[C@@H](O[C@@H]3CO)n3cnc4c(ncnc43)NC/C=C/CNc3ncnc4c3ncn4[C@H](O2)[C@@H]1O. The highest BCUT2D eigenvalue weighted by Crippen LogP contribution is 2.44. The maximum Gasteiger partial charge on any atom is 0.504 e. The predicted octanol–water partition coefficient (Wildman–Crippen LogP) is -0.694. The molecular weight excluding hydrogens is 710 g/mol. The number of hydrogen-bond donors (Lipinski definition) is 9. The summed E-state index contributed by atoms with van der Waals surface area (Å²) in [6.45, 7) is -4.04. The molecule has 8 N–H and O–H groups in total. The topological polar surface area (TPSA) is 261 Å². The molecule has 2 saturated heterocycles. The molecular formula is C24H31N12O8P2S2+. The Bertz CT molecular complexity index is 1900. The fourth-order valence-electron chi connectivity index (χ4n) is 5.90. The molecule has 0 saturated carbocycles. The fourth-order valence-corrected chi connectivity index (χ4v) is 8.54. The Kier molecular flexibility index (Phi) is 9.70. The van der Waals surface area contributed by atoms with Gasteiger partial charge in [-0.3, -0.25) is 9.13 Å². The van der Waals surface area contributed by atoms with Crippen molar-refractivity contribution in [3.63, 3.8) is 0 Å². The van der Waals surface area contributed by atoms with Gasteiger partial charge in [-0.05, 0) is 16.4 Å². The zero-order valence-corrected chi connectivity index (χ0v) is 28.2. The number of anilines is 2. The molecule has 0 radical (unpaired) electrons. The van der Waals surface area contributed by atoms with Crippen molar-refractivity contribution in [3.8, 4) is 0 Å². The summed E-state index contributed by atoms with van der Waals surface area (Å²) in [7, 11) is -2.25. The second-order valence-corrected chi connectivity index (χ2v) is 16.0. The Labute approximate surface area is 282 Å². The Morgan fingerprint density at radius 2 is 1.54 bits per heavy atom. The number of aliphatic hydroxyl groups excluding tert-OH is 3. The zero-order valence-electron chi connectivity index (χ0n) is 24.7. The number of hydrogen-bond acceptors (Lipinski definition) is 16. The minimum Gasteiger partial charge on any atom is -0.394 e. The monoisotopic (exact) mass is 741 g/mol. The molecule has 3 aliphatic heterocycles. The molecule has 4 aromatic heterocycles. The first kappa shape index (κ1) is 33.7. The molecule has 0 aliphatic carbocycles. The van der Waals surface area contributed by atoms with Gasteiger partial charge in [-0.25, -0.2) is 35.0 Å². The molecule has 0 aromatic carbocycles. The van der Waals surface area contributed by atoms with E-state index in [9.17, 15) is 24.8 Å². The number of fused-ring (bicyclic) bond motifs is 6. The van der Waals surface area contributed by atoms with Crippen LogP contribution in [0.3, 0.4) is 0 Å². The van der Waals surface area contributed by atoms with E-state index in [1.165, 1.54) is 34.4 Å². The van der Waals surface area contributed by atoms with Crippen molar-refractivity contribution >= 4 is 71.8 Å². The maximum atomic E-state index is 12.1. The van der Waals surface area contributed by atoms with Gasteiger partial charge < -0.3 is 44.8 Å². The lowest BCUT2D eigenvalue weighted by molar-refractivity contribution is -0.0490. The lowest BCUT2D eigenvalue weighted by Gasteiger charge is -2.27. The second-order valence-electron chi connectivity index (χ2n) is 11.0. The van der Waals surface area contributed by atoms with E-state index in [1.807, 2.05) is 12.2 Å². The molecule has 0 amide bonds. The third-order valence-corrected chi connectivity index (χ3v) is 10.7. The summed E-state index contributed by atoms with van der Waals surface area (Å²) in [5.41, 5.74) is 1.55. The maximum absolute atomic E-state index is 12.1. The van der Waals surface area contributed by atoms with Crippen LogP contribution in [-0.4, -0.2) is 122 Å². The number of aromatic nitrogens is 8. The number of imidazole rings is 2. The average molecular weight is 742 g/mol. The fraction of sp³-hybridized carbons (Fsp3) is 0.500. The number of thiol groups is 1. The first-order chi connectivity index (χ1) is 23.1. The van der Waals surface area contributed by atoms with E-state index in [0.29, 0.717) is 47.1 Å². The highest BCUT2D eigenvalue weighted by Gasteiger charge is 2.50. The summed E-state index contributed by atoms with van der Waals surface area (Å²) in [4.78, 5) is 37.3. The highest BCUT2D eigenvalue weighted by atomic mass is 32.7. The Morgan fingerprint density at radius 1 is 0.958 bits per heavy atom. The molecule has 7 rings (SSSR count). The van der Waals surface area contributed by atoms with Crippen LogP contribution in [0.15, 0.2) is 37.5 Å². The average Bonchev–Trinajstić information content (AvgIpc) is 3.82. The minimum atomic E-state index is -3.92. The molecule has 48 heavy (non-hydrogen) atoms. The predicted molar refractivity (Wildman–Crippen MR) is 177 cm³/mol. The van der Waals surface area contributed by atoms with Gasteiger partial charge in [-0.1, -0.05) is 17.2 Å². The van der Waals surface area contributed by atoms with Gasteiger partial charge in [0.25, 0.3) is 6.64 Å². The van der Waals surface area contributed by atoms with E-state index in [2.05, 4.69) is 63.0 Å². The number of rotatable bonds is 3. The van der Waals surface area contributed by atoms with Crippen molar-refractivity contribution < 1.29 is 38.8 Å². The van der Waals surface area contributed by atoms with Crippen LogP contribution < -0.4 is 20.8 Å². The molecule has 20 nitrogen and oxygen atoms in total. The van der Waals surface area contributed by atoms with E-state index in [-0.39, 0.29) is 6.61 Å². The van der Waals surface area contributed by atoms with E-state index >= 15 is 0 Å². The van der Waals surface area contributed by atoms with E-state index in [1.54, 1.807) is 0 Å². The van der Waals surface area contributed by atoms with Gasteiger partial charge in [0, 0.05) is 13.1 Å². The second kappa shape index (κ2) is 13.8. The Morgan fingerprint density at radius 3 is 2.10 bits per heavy atom. The van der Waals surface area contributed by atoms with Gasteiger partial charge in [-0.15, -0.1) is 0 Å². The number of nitrogens with zero attached hydrogens (tertiary/aromatic N) is 8. The molecule has 24 heteroatoms. The normalized spacial score (nSPS) is 33.8. The van der Waals surface area contributed by atoms with Crippen LogP contribution in [-0.2, 0) is 30.4 Å². The van der Waals surface area contributed by atoms with Crippen molar-refractivity contribution in [2.45, 2.75) is 49.0 Å². The van der Waals surface area contributed by atoms with Gasteiger partial charge >= 0.3 is 7.15 Å². The standard InChI is InChI=1S/C24H30N12O8P2S2/c37-5-11-14-18(39)24(43-11)36-10-32-16-20(28-8-30-22(16)36)26-4-2-1-3-25-19-15-21(29-7-27-19)35(9-31-15)23-17(38)13(33-45(40)47)12(44-23)6-42-46(41,48)34-14/h1-2,7-14,17-18,23-24,37-39H,3-6H2,(H5-,25,26,27,28,29,30,33,34,40,41,47,48)/p+1/b2-1+/t11-,12?,13?,14?,17-,18-,23-,24-,46?/m1/s1. The summed E-state index contributed by atoms with van der Waals surface area (Å²) < 4.78 is 33.0. The summed E-state index contributed by atoms with van der Waals surface area (Å²) in [5.74, 6) is 0.893. The number of ether oxygens (including phenoxy) is 2. The molecule has 5 unspecified atom stereocenters. The van der Waals surface area contributed by atoms with Crippen LogP contribution in [0.4, 0.5) is 11.6 Å². The van der Waals surface area contributed by atoms with E-state index in [4.69, 9.17) is 25.8 Å². The van der Waals surface area contributed by atoms with Crippen LogP contribution in [0.2, 0.25) is 0 Å². The van der Waals surface area contributed by atoms with Crippen LogP contribution in [0.5, 0.6) is 0 Å². The van der Waals surface area contributed by atoms with Crippen LogP contribution in [0.25, 0.3) is 22.3 Å². The summed E-state index contributed by atoms with van der Waals surface area (Å²) in [5, 5.41) is 44.6. The lowest BCUT2D eigenvalue weighted by Crippen LogP contribution is -2.45. The summed E-state index contributed by atoms with van der Waals surface area (Å²) in [6.07, 6.45) is 2.55. The molecule has 12 bridgehead atoms. The minimum absolute atomic E-state index is 0.355. The third kappa shape index (κ3) is 6.44. The van der Waals surface area contributed by atoms with E-state index in [0.717, 1.165) is 0 Å². The number of nitrogens with one attached hydrogen (secondary N) is 4. The first-order valence-corrected chi connectivity index (χ1v) is 19.7. The van der Waals surface area contributed by atoms with E-state index < -0.39 is 69.4 Å². The van der Waals surface area contributed by atoms with Crippen molar-refractivity contribution in [1.29, 1.82) is 0 Å². The Balaban J connectivity index is 1.23. The summed E-state index contributed by atoms with van der Waals surface area (Å²) >= 11 is 9.33. The van der Waals surface area contributed by atoms with Gasteiger partial charge in [0.15, 0.2) is 46.4 Å². The largest absolute Gasteiger partial charge is 0.504 e. The van der Waals surface area contributed by atoms with Crippen molar-refractivity contribution in [2.75, 3.05) is 36.9 Å². The van der Waals surface area contributed by atoms with Gasteiger partial charge in [-0.2, -0.15) is 0 Å². The van der Waals surface area contributed by atoms with Crippen molar-refractivity contribution in [2.24, 2.45) is 0 Å². The van der Waals surface area contributed by atoms with Crippen molar-refractivity contribution in [3.05, 3.63) is 37.5 Å². The molecule has 0 spiro atoms. The molecule has 10 atom stereocenters. The molecule has 256 valence electrons. The van der Waals surface area contributed by atoms with Crippen LogP contribution in [0.1, 0.15) is 12.5 Å². The Hall–Kier alpha value is -2.82. The molecule has 7 heterocycles. The lowest BCUT2D eigenvalue weighted by atomic mass is 10.1. The van der Waals surface area contributed by atoms with Crippen molar-refractivity contribution in [1.82, 2.24) is 49.2 Å². The van der Waals surface area contributed by atoms with Gasteiger partial charge in [0.2, 0.25) is 0 Å². The first-order valence-electron chi connectivity index (χ1n) is 14.6. The zero-order chi connectivity index (χ0) is 33.6. The molecule has 2 fully saturated rings. The number of aliphatic hydroxyl groups is 3. The highest BCUT2D eigenvalue weighted by molar-refractivity contribution is 8.40. The molecule has 4 aromatic rings. The van der Waals surface area contributed by atoms with Crippen LogP contribution in [0, 0.1) is 0 Å². The van der Waals surface area contributed by atoms with Crippen LogP contribution >= 0.6 is 26.0 Å². The third-order valence-electron chi connectivity index (χ3n) is 8.12. The smallest absolute Gasteiger partial charge is 0.394 e. The van der Waals surface area contributed by atoms with Gasteiger partial charge in [0.05, 0.1) is 31.9 Å². The summed E-state index contributed by atoms with van der Waals surface area (Å²) in [6, 6.07) is -2.06. The molecule has 3 aliphatic rings.